The lowest BCUT2D eigenvalue weighted by Crippen LogP contribution is -2.25. The monoisotopic (exact) mass is 655 g/mol. The molecule has 1 heterocycles. The Morgan fingerprint density at radius 1 is 0.884 bits per heavy atom. The van der Waals surface area contributed by atoms with Gasteiger partial charge in [0.2, 0.25) is 5.91 Å². The normalized spacial score (nSPS) is 11.4. The summed E-state index contributed by atoms with van der Waals surface area (Å²) in [6.07, 6.45) is 0.465. The molecule has 8 nitrogen and oxygen atoms in total. The highest BCUT2D eigenvalue weighted by Gasteiger charge is 2.28. The van der Waals surface area contributed by atoms with Crippen LogP contribution in [0.25, 0.3) is 0 Å². The first-order valence-corrected chi connectivity index (χ1v) is 15.5. The largest absolute Gasteiger partial charge is 0.465 e. The van der Waals surface area contributed by atoms with Crippen molar-refractivity contribution in [1.82, 2.24) is 0 Å². The zero-order valence-corrected chi connectivity index (χ0v) is 26.5. The molecule has 0 radical (unpaired) electrons. The van der Waals surface area contributed by atoms with Crippen molar-refractivity contribution < 1.29 is 23.9 Å². The number of thiophene rings is 1. The number of carbonyl (C=O) groups is 4. The third kappa shape index (κ3) is 7.97. The Balaban J connectivity index is 1.50. The van der Waals surface area contributed by atoms with E-state index in [4.69, 9.17) is 27.9 Å². The molecule has 0 aliphatic heterocycles. The molecule has 3 N–H and O–H groups in total. The molecule has 0 aliphatic carbocycles. The fraction of sp³-hybridized carbons (Fsp3) is 0.161. The van der Waals surface area contributed by atoms with Crippen LogP contribution in [0.1, 0.15) is 49.3 Å². The number of para-hydroxylation sites is 1. The second-order valence-corrected chi connectivity index (χ2v) is 12.3. The molecule has 222 valence electrons. The third-order valence-corrected chi connectivity index (χ3v) is 9.33. The Morgan fingerprint density at radius 2 is 1.58 bits per heavy atom. The van der Waals surface area contributed by atoms with Crippen LogP contribution in [0.2, 0.25) is 10.0 Å². The van der Waals surface area contributed by atoms with Crippen molar-refractivity contribution >= 4 is 86.4 Å². The Kier molecular flexibility index (Phi) is 10.9. The number of ether oxygens (including phenoxy) is 1. The van der Waals surface area contributed by atoms with Crippen LogP contribution in [0, 0.1) is 6.92 Å². The maximum Gasteiger partial charge on any atom is 0.341 e. The number of esters is 1. The van der Waals surface area contributed by atoms with Crippen molar-refractivity contribution in [3.05, 3.63) is 104 Å². The highest BCUT2D eigenvalue weighted by Crippen LogP contribution is 2.36. The Bertz CT molecular complexity index is 1680. The van der Waals surface area contributed by atoms with Gasteiger partial charge in [0, 0.05) is 21.3 Å². The van der Waals surface area contributed by atoms with E-state index in [9.17, 15) is 19.2 Å². The molecule has 1 aromatic heterocycles. The van der Waals surface area contributed by atoms with Gasteiger partial charge in [0.05, 0.1) is 33.4 Å². The summed E-state index contributed by atoms with van der Waals surface area (Å²) in [4.78, 5) is 52.9. The number of amides is 3. The molecule has 43 heavy (non-hydrogen) atoms. The third-order valence-electron chi connectivity index (χ3n) is 6.22. The maximum absolute atomic E-state index is 13.4. The number of thioether (sulfide) groups is 1. The summed E-state index contributed by atoms with van der Waals surface area (Å²) < 4.78 is 4.95. The van der Waals surface area contributed by atoms with Crippen LogP contribution in [0.15, 0.2) is 77.7 Å². The van der Waals surface area contributed by atoms with Gasteiger partial charge in [0.1, 0.15) is 5.00 Å². The zero-order chi connectivity index (χ0) is 31.1. The number of carbonyl (C=O) groups excluding carboxylic acids is 4. The molecule has 0 bridgehead atoms. The highest BCUT2D eigenvalue weighted by atomic mass is 35.5. The molecular formula is C31H27Cl2N3O5S2. The number of hydrogen-bond acceptors (Lipinski definition) is 7. The molecule has 1 atom stereocenters. The van der Waals surface area contributed by atoms with E-state index < -0.39 is 23.0 Å². The molecule has 4 rings (SSSR count). The molecule has 4 aromatic rings. The van der Waals surface area contributed by atoms with Gasteiger partial charge in [-0.3, -0.25) is 14.4 Å². The number of hydrogen-bond donors (Lipinski definition) is 3. The summed E-state index contributed by atoms with van der Waals surface area (Å²) in [7, 11) is 1.24. The molecule has 0 spiro atoms. The van der Waals surface area contributed by atoms with Crippen molar-refractivity contribution in [1.29, 1.82) is 0 Å². The number of nitrogens with one attached hydrogen (secondary N) is 3. The van der Waals surface area contributed by atoms with Crippen LogP contribution < -0.4 is 16.0 Å². The van der Waals surface area contributed by atoms with E-state index in [1.54, 1.807) is 61.5 Å². The number of benzene rings is 3. The number of halogens is 2. The molecule has 0 fully saturated rings. The van der Waals surface area contributed by atoms with Crippen LogP contribution in [-0.4, -0.2) is 36.1 Å². The van der Waals surface area contributed by atoms with Crippen LogP contribution in [0.3, 0.4) is 0 Å². The molecule has 1 unspecified atom stereocenters. The lowest BCUT2D eigenvalue weighted by atomic mass is 10.1. The van der Waals surface area contributed by atoms with E-state index in [1.165, 1.54) is 24.9 Å². The number of anilines is 3. The summed E-state index contributed by atoms with van der Waals surface area (Å²) in [6, 6.07) is 20.6. The van der Waals surface area contributed by atoms with Gasteiger partial charge in [-0.1, -0.05) is 54.4 Å². The van der Waals surface area contributed by atoms with E-state index in [0.717, 1.165) is 16.2 Å². The van der Waals surface area contributed by atoms with Gasteiger partial charge in [0.15, 0.2) is 0 Å². The van der Waals surface area contributed by atoms with E-state index >= 15 is 0 Å². The summed E-state index contributed by atoms with van der Waals surface area (Å²) >= 11 is 14.4. The quantitative estimate of drug-likeness (QED) is 0.117. The van der Waals surface area contributed by atoms with Crippen LogP contribution in [-0.2, 0) is 9.53 Å². The first-order valence-electron chi connectivity index (χ1n) is 13.0. The van der Waals surface area contributed by atoms with Crippen molar-refractivity contribution in [2.75, 3.05) is 23.1 Å². The minimum Gasteiger partial charge on any atom is -0.465 e. The van der Waals surface area contributed by atoms with Crippen LogP contribution in [0.5, 0.6) is 0 Å². The Morgan fingerprint density at radius 3 is 2.26 bits per heavy atom. The van der Waals surface area contributed by atoms with Crippen molar-refractivity contribution in [3.8, 4) is 0 Å². The fourth-order valence-electron chi connectivity index (χ4n) is 4.07. The molecular weight excluding hydrogens is 629 g/mol. The van der Waals surface area contributed by atoms with Gasteiger partial charge in [-0.05, 0) is 67.4 Å². The van der Waals surface area contributed by atoms with Gasteiger partial charge in [-0.2, -0.15) is 0 Å². The zero-order valence-electron chi connectivity index (χ0n) is 23.3. The Hall–Kier alpha value is -3.83. The van der Waals surface area contributed by atoms with Crippen molar-refractivity contribution in [2.24, 2.45) is 0 Å². The van der Waals surface area contributed by atoms with E-state index in [1.807, 2.05) is 19.1 Å². The lowest BCUT2D eigenvalue weighted by Gasteiger charge is -2.15. The smallest absolute Gasteiger partial charge is 0.341 e. The highest BCUT2D eigenvalue weighted by molar-refractivity contribution is 8.00. The number of rotatable bonds is 10. The first kappa shape index (κ1) is 32.1. The average Bonchev–Trinajstić information content (AvgIpc) is 3.31. The average molecular weight is 657 g/mol. The van der Waals surface area contributed by atoms with Crippen LogP contribution >= 0.6 is 46.3 Å². The second-order valence-electron chi connectivity index (χ2n) is 9.18. The summed E-state index contributed by atoms with van der Waals surface area (Å²) in [5.41, 5.74) is 1.93. The van der Waals surface area contributed by atoms with Gasteiger partial charge < -0.3 is 20.7 Å². The van der Waals surface area contributed by atoms with Crippen molar-refractivity contribution in [2.45, 2.75) is 30.4 Å². The maximum atomic E-state index is 13.4. The van der Waals surface area contributed by atoms with E-state index in [-0.39, 0.29) is 31.9 Å². The predicted molar refractivity (Wildman–Crippen MR) is 174 cm³/mol. The predicted octanol–water partition coefficient (Wildman–Crippen LogP) is 8.16. The molecule has 3 amide bonds. The molecule has 0 aliphatic rings. The second kappa shape index (κ2) is 14.6. The van der Waals surface area contributed by atoms with Gasteiger partial charge in [-0.15, -0.1) is 23.1 Å². The van der Waals surface area contributed by atoms with Crippen LogP contribution in [0.4, 0.5) is 16.4 Å². The molecule has 0 saturated carbocycles. The standard InChI is InChI=1S/C31H27Cl2N3O5S2/c1-4-24(42-21-12-8-11-20(16-21)35-27(37)22-14-13-18(32)15-23(22)33)28(38)36-30-25(31(40)41-3)17(2)26(43-30)29(39)34-19-9-6-5-7-10-19/h5-16,24H,4H2,1-3H3,(H,34,39)(H,35,37)(H,36,38). The molecule has 3 aromatic carbocycles. The first-order chi connectivity index (χ1) is 20.6. The van der Waals surface area contributed by atoms with E-state index in [2.05, 4.69) is 16.0 Å². The summed E-state index contributed by atoms with van der Waals surface area (Å²) in [5.74, 6) is -1.81. The van der Waals surface area contributed by atoms with Gasteiger partial charge in [-0.25, -0.2) is 4.79 Å². The van der Waals surface area contributed by atoms with Gasteiger partial charge >= 0.3 is 5.97 Å². The Labute approximate surface area is 267 Å². The van der Waals surface area contributed by atoms with Gasteiger partial charge in [0.25, 0.3) is 11.8 Å². The minimum atomic E-state index is -0.659. The van der Waals surface area contributed by atoms with E-state index in [0.29, 0.717) is 28.4 Å². The topological polar surface area (TPSA) is 114 Å². The number of methoxy groups -OCH3 is 1. The molecule has 12 heteroatoms. The SMILES string of the molecule is CCC(Sc1cccc(NC(=O)c2ccc(Cl)cc2Cl)c1)C(=O)Nc1sc(C(=O)Nc2ccccc2)c(C)c1C(=O)OC. The lowest BCUT2D eigenvalue weighted by molar-refractivity contribution is -0.115. The molecule has 0 saturated heterocycles. The minimum absolute atomic E-state index is 0.129. The summed E-state index contributed by atoms with van der Waals surface area (Å²) in [6.45, 7) is 3.51. The summed E-state index contributed by atoms with van der Waals surface area (Å²) in [5, 5.41) is 8.80. The van der Waals surface area contributed by atoms with Crippen molar-refractivity contribution in [3.63, 3.8) is 0 Å². The fourth-order valence-corrected chi connectivity index (χ4v) is 6.67.